The third-order valence-corrected chi connectivity index (χ3v) is 25.3. The molecule has 686 valence electrons. The van der Waals surface area contributed by atoms with Gasteiger partial charge >= 0.3 is 16.4 Å². The quantitative estimate of drug-likeness (QED) is 0.0181. The number of sulfonamides is 2. The summed E-state index contributed by atoms with van der Waals surface area (Å²) in [7, 11) is -13.0. The van der Waals surface area contributed by atoms with Crippen molar-refractivity contribution in [3.63, 3.8) is 0 Å². The maximum absolute atomic E-state index is 13.3. The summed E-state index contributed by atoms with van der Waals surface area (Å²) in [6, 6.07) is 64.9. The summed E-state index contributed by atoms with van der Waals surface area (Å²) in [5.74, 6) is -0.902. The Balaban J connectivity index is 0.000000123. The van der Waals surface area contributed by atoms with Gasteiger partial charge in [-0.15, -0.1) is 0 Å². The number of carbonyl (C=O) groups is 2. The average Bonchev–Trinajstić information content (AvgIpc) is 0.848. The Hall–Kier alpha value is -17.8. The second-order valence-corrected chi connectivity index (χ2v) is 36.2. The highest BCUT2D eigenvalue weighted by Crippen LogP contribution is 2.37. The lowest BCUT2D eigenvalue weighted by Crippen LogP contribution is -2.19. The number of nitrogens with zero attached hydrogens (tertiary/aromatic N) is 17. The van der Waals surface area contributed by atoms with E-state index in [0.717, 1.165) is 90.3 Å². The molecule has 12 aromatic heterocycles. The lowest BCUT2D eigenvalue weighted by molar-refractivity contribution is -0.138. The van der Waals surface area contributed by atoms with Crippen molar-refractivity contribution in [2.75, 3.05) is 26.1 Å². The van der Waals surface area contributed by atoms with Crippen molar-refractivity contribution < 1.29 is 43.5 Å². The van der Waals surface area contributed by atoms with Crippen molar-refractivity contribution in [1.29, 1.82) is 5.26 Å². The van der Waals surface area contributed by atoms with Gasteiger partial charge < -0.3 is 10.1 Å². The fraction of sp³-hybridized carbons (Fsp3) is 0.0900. The molecule has 1 aliphatic carbocycles. The van der Waals surface area contributed by atoms with E-state index >= 15 is 0 Å². The first kappa shape index (κ1) is 90.7. The molecule has 21 rings (SSSR count). The molecular weight excluding hydrogens is 1820 g/mol. The fourth-order valence-corrected chi connectivity index (χ4v) is 18.1. The van der Waals surface area contributed by atoms with E-state index in [0.29, 0.717) is 99.7 Å². The van der Waals surface area contributed by atoms with Crippen molar-refractivity contribution >= 4 is 152 Å². The number of rotatable bonds is 20. The van der Waals surface area contributed by atoms with Crippen LogP contribution in [0.1, 0.15) is 42.0 Å². The van der Waals surface area contributed by atoms with Crippen LogP contribution in [0.4, 0.5) is 26.6 Å². The van der Waals surface area contributed by atoms with Gasteiger partial charge in [-0.05, 0) is 240 Å². The van der Waals surface area contributed by atoms with E-state index in [1.165, 1.54) is 39.5 Å². The molecule has 34 nitrogen and oxygen atoms in total. The summed E-state index contributed by atoms with van der Waals surface area (Å²) in [6.45, 7) is 11.9. The number of pyridine rings is 8. The van der Waals surface area contributed by atoms with Crippen molar-refractivity contribution in [2.24, 2.45) is 5.92 Å². The highest BCUT2D eigenvalue weighted by atomic mass is 32.3. The van der Waals surface area contributed by atoms with Gasteiger partial charge in [-0.25, -0.2) is 40.4 Å². The molecule has 1 saturated carbocycles. The minimum absolute atomic E-state index is 0.0140. The molecule has 4 N–H and O–H groups in total. The number of anilines is 4. The Labute approximate surface area is 783 Å². The van der Waals surface area contributed by atoms with Gasteiger partial charge in [-0.1, -0.05) is 34.7 Å². The van der Waals surface area contributed by atoms with E-state index in [1.807, 2.05) is 133 Å². The number of amides is 1. The number of aromatic nitrogens is 16. The number of hydrogen-bond acceptors (Lipinski definition) is 22. The molecule has 38 heteroatoms. The minimum Gasteiger partial charge on any atom is -0.462 e. The Morgan fingerprint density at radius 3 is 1.00 bits per heavy atom. The number of halogens is 1. The Morgan fingerprint density at radius 2 is 0.717 bits per heavy atom. The van der Waals surface area contributed by atoms with E-state index < -0.39 is 42.0 Å². The number of benzene rings is 8. The second kappa shape index (κ2) is 37.3. The van der Waals surface area contributed by atoms with Crippen molar-refractivity contribution in [2.45, 2.75) is 47.5 Å². The summed E-state index contributed by atoms with van der Waals surface area (Å²) >= 11 is 0. The van der Waals surface area contributed by atoms with Crippen LogP contribution in [-0.2, 0) is 44.8 Å². The fourth-order valence-electron chi connectivity index (χ4n) is 15.9. The van der Waals surface area contributed by atoms with Gasteiger partial charge in [0.15, 0.2) is 5.57 Å². The van der Waals surface area contributed by atoms with Crippen LogP contribution >= 0.6 is 0 Å². The SMILES string of the molecule is C=CS(=O)(=O)Nc1cc(-n2c(=O)ccc3cnc4ccc(-n5cccn5)cc4c32)ccc1C.CCOC(=O)/C(C#N)=C/S(=O)(=O)Nc1cc(-n2c(=O)ccc3cnc4ccc(-n5cccn5)cc4c32)ccc1C.Cc1ccc(-n2c(=O)ccc3cnc4ccc(-n5cccn5)cc4c32)cc1NC(=O)C1CC1.Cc1ccc(-n2c(=O)ccc3cnc4ccc(-n5cccn5)cc4c32)cc1NS(=O)(=O)F. The van der Waals surface area contributed by atoms with E-state index in [4.69, 9.17) is 4.74 Å². The summed E-state index contributed by atoms with van der Waals surface area (Å²) in [4.78, 5) is 95.0. The topological polar surface area (TPSA) is 429 Å². The predicted molar refractivity (Wildman–Crippen MR) is 527 cm³/mol. The van der Waals surface area contributed by atoms with Crippen molar-refractivity contribution in [3.05, 3.63) is 379 Å². The Bertz CT molecular complexity index is 9080. The van der Waals surface area contributed by atoms with Crippen LogP contribution in [0, 0.1) is 44.9 Å². The van der Waals surface area contributed by atoms with E-state index in [2.05, 4.69) is 61.7 Å². The largest absolute Gasteiger partial charge is 0.462 e. The average molecular weight is 1900 g/mol. The smallest absolute Gasteiger partial charge is 0.396 e. The molecule has 12 heterocycles. The minimum atomic E-state index is -4.97. The molecular formula is C100H78FN21O13S3. The number of aryl methyl sites for hydroxylation is 4. The zero-order valence-corrected chi connectivity index (χ0v) is 76.2. The molecule has 1 fully saturated rings. The third-order valence-electron chi connectivity index (χ3n) is 22.8. The Morgan fingerprint density at radius 1 is 0.420 bits per heavy atom. The van der Waals surface area contributed by atoms with Crippen LogP contribution in [0.3, 0.4) is 0 Å². The van der Waals surface area contributed by atoms with Gasteiger partial charge in [0.05, 0.1) is 119 Å². The highest BCUT2D eigenvalue weighted by Gasteiger charge is 2.31. The van der Waals surface area contributed by atoms with Gasteiger partial charge in [-0.3, -0.25) is 76.3 Å². The normalized spacial score (nSPS) is 12.2. The number of nitriles is 1. The van der Waals surface area contributed by atoms with Crippen LogP contribution in [0.5, 0.6) is 0 Å². The molecule has 1 aliphatic rings. The number of esters is 1. The molecule has 0 atom stereocenters. The zero-order valence-electron chi connectivity index (χ0n) is 73.8. The van der Waals surface area contributed by atoms with Gasteiger partial charge in [0.2, 0.25) is 5.91 Å². The van der Waals surface area contributed by atoms with E-state index in [-0.39, 0.29) is 52.0 Å². The van der Waals surface area contributed by atoms with Crippen LogP contribution in [0.25, 0.3) is 133 Å². The van der Waals surface area contributed by atoms with Crippen LogP contribution < -0.4 is 41.7 Å². The summed E-state index contributed by atoms with van der Waals surface area (Å²) < 4.78 is 110. The first-order chi connectivity index (χ1) is 66.4. The van der Waals surface area contributed by atoms with E-state index in [1.54, 1.807) is 202 Å². The molecule has 0 unspecified atom stereocenters. The molecule has 138 heavy (non-hydrogen) atoms. The van der Waals surface area contributed by atoms with Crippen LogP contribution in [-0.4, -0.2) is 121 Å². The Kier molecular flexibility index (Phi) is 24.5. The molecule has 1 amide bonds. The molecule has 0 radical (unpaired) electrons. The molecule has 8 aromatic carbocycles. The first-order valence-electron chi connectivity index (χ1n) is 42.7. The molecule has 0 saturated heterocycles. The summed E-state index contributed by atoms with van der Waals surface area (Å²) in [5.41, 5.74) is 13.0. The molecule has 0 spiro atoms. The monoisotopic (exact) mass is 1900 g/mol. The van der Waals surface area contributed by atoms with Gasteiger partial charge in [-0.2, -0.15) is 34.1 Å². The molecule has 0 bridgehead atoms. The summed E-state index contributed by atoms with van der Waals surface area (Å²) in [6.07, 6.45) is 22.8. The third kappa shape index (κ3) is 18.9. The van der Waals surface area contributed by atoms with Crippen molar-refractivity contribution in [3.8, 4) is 51.6 Å². The van der Waals surface area contributed by atoms with Gasteiger partial charge in [0, 0.05) is 159 Å². The first-order valence-corrected chi connectivity index (χ1v) is 47.2. The highest BCUT2D eigenvalue weighted by molar-refractivity contribution is 7.95. The lowest BCUT2D eigenvalue weighted by Gasteiger charge is -2.16. The number of nitrogens with one attached hydrogen (secondary N) is 4. The number of fused-ring (bicyclic) bond motifs is 12. The van der Waals surface area contributed by atoms with E-state index in [9.17, 15) is 63.2 Å². The number of ether oxygens (including phenoxy) is 1. The maximum Gasteiger partial charge on any atom is 0.396 e. The standard InChI is InChI=1S/C28H22N6O5S.C26H21N5O2.C24H19N5O3S.C22H16FN5O3S/c1-3-39-28(36)20(15-29)17-40(37,38)32-25-14-22(7-5-18(25)2)34-26(35)10-6-19-16-30-24-9-8-21(13-23(24)27(19)34)33-12-4-11-31-33;1-16-3-7-20(14-23(16)29-26(33)17-4-5-17)31-24(32)10-6-18-15-27-22-9-8-19(13-21(22)25(18)31)30-12-2-11-28-30;1-3-33(31,32)27-22-14-19(7-5-16(22)2)29-23(30)10-6-17-15-25-21-9-8-18(13-20(21)24(17)29)28-12-4-11-26-28;1-14-3-5-17(12-20(14)26-32(23,30)31)28-21(29)8-4-15-13-24-19-7-6-16(11-18(19)22(15)28)27-10-2-9-25-27/h4-14,16-17,32H,3H2,1-2H3;2-3,6-15,17H,4-5H2,1H3,(H,29,33);3-15,27H,1H2,2H3;2-13,26H,1H3/b20-17+;;;. The van der Waals surface area contributed by atoms with Crippen LogP contribution in [0.15, 0.2) is 335 Å². The number of hydrogen-bond donors (Lipinski definition) is 4. The predicted octanol–water partition coefficient (Wildman–Crippen LogP) is 15.7. The summed E-state index contributed by atoms with van der Waals surface area (Å²) in [5, 5.41) is 36.9. The number of carbonyl (C=O) groups excluding carboxylic acids is 2. The maximum atomic E-state index is 13.3. The zero-order chi connectivity index (χ0) is 96.6. The molecule has 0 aliphatic heterocycles. The van der Waals surface area contributed by atoms with Crippen molar-refractivity contribution in [1.82, 2.24) is 77.3 Å². The van der Waals surface area contributed by atoms with Gasteiger partial charge in [0.1, 0.15) is 6.07 Å². The second-order valence-electron chi connectivity index (χ2n) is 32.0. The molecule has 20 aromatic rings. The van der Waals surface area contributed by atoms with Gasteiger partial charge in [0.25, 0.3) is 42.3 Å². The lowest BCUT2D eigenvalue weighted by atomic mass is 10.1. The van der Waals surface area contributed by atoms with Crippen LogP contribution in [0.2, 0.25) is 0 Å².